The van der Waals surface area contributed by atoms with Crippen LogP contribution in [0.4, 0.5) is 0 Å². The predicted octanol–water partition coefficient (Wildman–Crippen LogP) is 3.40. The molecule has 0 fully saturated rings. The second-order valence-electron chi connectivity index (χ2n) is 5.05. The van der Waals surface area contributed by atoms with Crippen LogP contribution in [0.5, 0.6) is 0 Å². The summed E-state index contributed by atoms with van der Waals surface area (Å²) in [4.78, 5) is 11.8. The average molecular weight is 327 g/mol. The smallest absolute Gasteiger partial charge is 0.220 e. The molecule has 0 aliphatic heterocycles. The van der Waals surface area contributed by atoms with Gasteiger partial charge in [0, 0.05) is 16.9 Å². The van der Waals surface area contributed by atoms with E-state index >= 15 is 0 Å². The lowest BCUT2D eigenvalue weighted by molar-refractivity contribution is -0.121. The van der Waals surface area contributed by atoms with Gasteiger partial charge in [-0.1, -0.05) is 41.9 Å². The molecule has 0 spiro atoms. The van der Waals surface area contributed by atoms with E-state index in [4.69, 9.17) is 0 Å². The maximum atomic E-state index is 11.8. The molecular weight excluding hydrogens is 304 g/mol. The Bertz CT molecular complexity index is 390. The van der Waals surface area contributed by atoms with Crippen molar-refractivity contribution in [2.24, 2.45) is 0 Å². The minimum Gasteiger partial charge on any atom is -0.350 e. The Hall–Kier alpha value is -0.870. The van der Waals surface area contributed by atoms with Crippen LogP contribution < -0.4 is 10.6 Å². The fraction of sp³-hybridized carbons (Fsp3) is 0.533. The predicted molar refractivity (Wildman–Crippen MR) is 83.1 cm³/mol. The average Bonchev–Trinajstić information content (AvgIpc) is 2.35. The molecule has 0 unspecified atom stereocenters. The van der Waals surface area contributed by atoms with Gasteiger partial charge in [-0.15, -0.1) is 0 Å². The van der Waals surface area contributed by atoms with Crippen molar-refractivity contribution >= 4 is 21.8 Å². The summed E-state index contributed by atoms with van der Waals surface area (Å²) in [6, 6.07) is 8.56. The van der Waals surface area contributed by atoms with E-state index in [0.29, 0.717) is 12.5 Å². The molecule has 1 atom stereocenters. The summed E-state index contributed by atoms with van der Waals surface area (Å²) >= 11 is 3.40. The van der Waals surface area contributed by atoms with Gasteiger partial charge in [0.05, 0.1) is 6.04 Å². The van der Waals surface area contributed by atoms with Gasteiger partial charge in [-0.05, 0) is 37.6 Å². The van der Waals surface area contributed by atoms with E-state index in [9.17, 15) is 4.79 Å². The van der Waals surface area contributed by atoms with Gasteiger partial charge in [-0.2, -0.15) is 0 Å². The Kier molecular flexibility index (Phi) is 7.10. The lowest BCUT2D eigenvalue weighted by Crippen LogP contribution is -2.28. The fourth-order valence-electron chi connectivity index (χ4n) is 1.79. The largest absolute Gasteiger partial charge is 0.350 e. The van der Waals surface area contributed by atoms with E-state index in [1.165, 1.54) is 0 Å². The summed E-state index contributed by atoms with van der Waals surface area (Å²) in [6.07, 6.45) is 1.44. The zero-order valence-electron chi connectivity index (χ0n) is 11.9. The molecule has 2 N–H and O–H groups in total. The maximum Gasteiger partial charge on any atom is 0.220 e. The van der Waals surface area contributed by atoms with E-state index in [1.807, 2.05) is 31.2 Å². The molecule has 3 nitrogen and oxygen atoms in total. The topological polar surface area (TPSA) is 41.1 Å². The zero-order chi connectivity index (χ0) is 14.3. The van der Waals surface area contributed by atoms with Gasteiger partial charge in [0.2, 0.25) is 5.91 Å². The van der Waals surface area contributed by atoms with Crippen molar-refractivity contribution in [1.29, 1.82) is 0 Å². The third kappa shape index (κ3) is 6.73. The highest BCUT2D eigenvalue weighted by Crippen LogP contribution is 2.16. The van der Waals surface area contributed by atoms with Crippen molar-refractivity contribution in [3.63, 3.8) is 0 Å². The summed E-state index contributed by atoms with van der Waals surface area (Å²) in [5, 5.41) is 6.33. The summed E-state index contributed by atoms with van der Waals surface area (Å²) in [6.45, 7) is 7.11. The minimum atomic E-state index is 0.0543. The molecule has 106 valence electrons. The van der Waals surface area contributed by atoms with E-state index in [1.54, 1.807) is 0 Å². The van der Waals surface area contributed by atoms with Gasteiger partial charge < -0.3 is 10.6 Å². The Balaban J connectivity index is 2.29. The highest BCUT2D eigenvalue weighted by Gasteiger charge is 2.09. The van der Waals surface area contributed by atoms with Crippen LogP contribution in [-0.2, 0) is 4.79 Å². The van der Waals surface area contributed by atoms with E-state index in [-0.39, 0.29) is 11.9 Å². The van der Waals surface area contributed by atoms with Crippen LogP contribution in [-0.4, -0.2) is 18.5 Å². The van der Waals surface area contributed by atoms with Crippen LogP contribution >= 0.6 is 15.9 Å². The molecule has 0 heterocycles. The molecular formula is C15H23BrN2O. The molecule has 1 aromatic rings. The normalized spacial score (nSPS) is 12.5. The second kappa shape index (κ2) is 8.33. The van der Waals surface area contributed by atoms with Crippen molar-refractivity contribution in [3.05, 3.63) is 34.3 Å². The van der Waals surface area contributed by atoms with Crippen LogP contribution in [0.1, 0.15) is 45.2 Å². The van der Waals surface area contributed by atoms with Crippen molar-refractivity contribution in [2.75, 3.05) is 6.54 Å². The number of rotatable bonds is 7. The molecule has 1 amide bonds. The highest BCUT2D eigenvalue weighted by atomic mass is 79.9. The Labute approximate surface area is 124 Å². The molecule has 0 bridgehead atoms. The number of amides is 1. The van der Waals surface area contributed by atoms with Gasteiger partial charge in [0.1, 0.15) is 0 Å². The first-order chi connectivity index (χ1) is 8.99. The van der Waals surface area contributed by atoms with Gasteiger partial charge in [-0.3, -0.25) is 4.79 Å². The number of carbonyl (C=O) groups is 1. The van der Waals surface area contributed by atoms with Crippen molar-refractivity contribution in [1.82, 2.24) is 10.6 Å². The number of hydrogen-bond acceptors (Lipinski definition) is 2. The molecule has 0 saturated carbocycles. The zero-order valence-corrected chi connectivity index (χ0v) is 13.5. The summed E-state index contributed by atoms with van der Waals surface area (Å²) in [5.74, 6) is 0.112. The number of halogens is 1. The maximum absolute atomic E-state index is 11.8. The first-order valence-corrected chi connectivity index (χ1v) is 7.56. The number of nitrogens with one attached hydrogen (secondary N) is 2. The Morgan fingerprint density at radius 2 is 1.84 bits per heavy atom. The molecule has 1 aromatic carbocycles. The van der Waals surface area contributed by atoms with Crippen molar-refractivity contribution in [3.8, 4) is 0 Å². The molecule has 0 saturated heterocycles. The number of hydrogen-bond donors (Lipinski definition) is 2. The lowest BCUT2D eigenvalue weighted by Gasteiger charge is -2.15. The second-order valence-corrected chi connectivity index (χ2v) is 5.97. The van der Waals surface area contributed by atoms with Gasteiger partial charge >= 0.3 is 0 Å². The summed E-state index contributed by atoms with van der Waals surface area (Å²) < 4.78 is 1.05. The Morgan fingerprint density at radius 1 is 1.21 bits per heavy atom. The van der Waals surface area contributed by atoms with Crippen LogP contribution in [0.25, 0.3) is 0 Å². The fourth-order valence-corrected chi connectivity index (χ4v) is 2.05. The third-order valence-corrected chi connectivity index (χ3v) is 3.41. The molecule has 0 aromatic heterocycles. The van der Waals surface area contributed by atoms with Gasteiger partial charge in [0.25, 0.3) is 0 Å². The van der Waals surface area contributed by atoms with Gasteiger partial charge in [0.15, 0.2) is 0 Å². The molecule has 4 heteroatoms. The number of benzene rings is 1. The molecule has 1 rings (SSSR count). The monoisotopic (exact) mass is 326 g/mol. The molecule has 0 radical (unpaired) electrons. The van der Waals surface area contributed by atoms with Crippen molar-refractivity contribution in [2.45, 2.75) is 45.7 Å². The van der Waals surface area contributed by atoms with E-state index < -0.39 is 0 Å². The summed E-state index contributed by atoms with van der Waals surface area (Å²) in [5.41, 5.74) is 1.12. The van der Waals surface area contributed by atoms with E-state index in [2.05, 4.69) is 40.4 Å². The molecule has 0 aliphatic rings. The number of carbonyl (C=O) groups excluding carboxylic acids is 1. The Morgan fingerprint density at radius 3 is 2.42 bits per heavy atom. The van der Waals surface area contributed by atoms with Crippen molar-refractivity contribution < 1.29 is 4.79 Å². The first-order valence-electron chi connectivity index (χ1n) is 6.77. The third-order valence-electron chi connectivity index (χ3n) is 2.88. The SMILES string of the molecule is CC(C)NCCCC(=O)N[C@H](C)c1ccc(Br)cc1. The lowest BCUT2D eigenvalue weighted by atomic mass is 10.1. The minimum absolute atomic E-state index is 0.0543. The van der Waals surface area contributed by atoms with Gasteiger partial charge in [-0.25, -0.2) is 0 Å². The van der Waals surface area contributed by atoms with Crippen LogP contribution in [0.15, 0.2) is 28.7 Å². The van der Waals surface area contributed by atoms with Crippen LogP contribution in [0.2, 0.25) is 0 Å². The molecule has 19 heavy (non-hydrogen) atoms. The van der Waals surface area contributed by atoms with Crippen LogP contribution in [0.3, 0.4) is 0 Å². The highest BCUT2D eigenvalue weighted by molar-refractivity contribution is 9.10. The first kappa shape index (κ1) is 16.2. The molecule has 0 aliphatic carbocycles. The summed E-state index contributed by atoms with van der Waals surface area (Å²) in [7, 11) is 0. The van der Waals surface area contributed by atoms with Crippen LogP contribution in [0, 0.1) is 0 Å². The quantitative estimate of drug-likeness (QED) is 0.754. The van der Waals surface area contributed by atoms with E-state index in [0.717, 1.165) is 23.0 Å². The standard InChI is InChI=1S/C15H23BrN2O/c1-11(2)17-10-4-5-15(19)18-12(3)13-6-8-14(16)9-7-13/h6-9,11-12,17H,4-5,10H2,1-3H3,(H,18,19)/t12-/m1/s1.